The molecule has 0 aliphatic carbocycles. The Balaban J connectivity index is 2.65. The van der Waals surface area contributed by atoms with Crippen molar-refractivity contribution in [2.24, 2.45) is 4.99 Å². The van der Waals surface area contributed by atoms with E-state index in [2.05, 4.69) is 31.8 Å². The van der Waals surface area contributed by atoms with Crippen LogP contribution < -0.4 is 5.73 Å². The minimum absolute atomic E-state index is 0.232. The molecular weight excluding hydrogens is 196 g/mol. The van der Waals surface area contributed by atoms with Gasteiger partial charge in [0.1, 0.15) is 17.7 Å². The Labute approximate surface area is 85.1 Å². The van der Waals surface area contributed by atoms with Crippen LogP contribution in [0.15, 0.2) is 15.8 Å². The molecule has 0 atom stereocenters. The molecule has 0 bridgehead atoms. The van der Waals surface area contributed by atoms with Crippen molar-refractivity contribution in [1.29, 1.82) is 0 Å². The van der Waals surface area contributed by atoms with E-state index in [0.717, 1.165) is 0 Å². The molecule has 15 heavy (non-hydrogen) atoms. The molecule has 2 heterocycles. The first-order valence-electron chi connectivity index (χ1n) is 4.10. The Kier molecular flexibility index (Phi) is 2.13. The van der Waals surface area contributed by atoms with E-state index >= 15 is 0 Å². The van der Waals surface area contributed by atoms with Gasteiger partial charge in [-0.2, -0.15) is 4.98 Å². The number of aliphatic imine (C=N–C) groups is 1. The van der Waals surface area contributed by atoms with Gasteiger partial charge in [0.05, 0.1) is 0 Å². The SMILES string of the molecule is C=Nc1ncnc(N)c1-c1nc(C)no1. The Morgan fingerprint density at radius 3 is 2.87 bits per heavy atom. The van der Waals surface area contributed by atoms with Crippen molar-refractivity contribution < 1.29 is 4.52 Å². The Bertz CT molecular complexity index is 506. The Morgan fingerprint density at radius 2 is 2.27 bits per heavy atom. The van der Waals surface area contributed by atoms with Crippen LogP contribution in [0.1, 0.15) is 5.82 Å². The smallest absolute Gasteiger partial charge is 0.265 e. The average molecular weight is 204 g/mol. The van der Waals surface area contributed by atoms with Gasteiger partial charge >= 0.3 is 0 Å². The van der Waals surface area contributed by atoms with Crippen molar-refractivity contribution in [3.63, 3.8) is 0 Å². The first-order valence-corrected chi connectivity index (χ1v) is 4.10. The molecule has 0 fully saturated rings. The summed E-state index contributed by atoms with van der Waals surface area (Å²) in [5, 5.41) is 3.65. The molecule has 2 rings (SSSR count). The number of anilines is 1. The lowest BCUT2D eigenvalue weighted by molar-refractivity contribution is 0.425. The number of nitrogen functional groups attached to an aromatic ring is 1. The molecule has 0 radical (unpaired) electrons. The molecule has 0 saturated carbocycles. The van der Waals surface area contributed by atoms with Gasteiger partial charge in [-0.25, -0.2) is 15.0 Å². The third-order valence-corrected chi connectivity index (χ3v) is 1.75. The zero-order valence-corrected chi connectivity index (χ0v) is 8.01. The Hall–Kier alpha value is -2.31. The zero-order valence-electron chi connectivity index (χ0n) is 8.01. The van der Waals surface area contributed by atoms with Crippen molar-refractivity contribution in [2.75, 3.05) is 5.73 Å². The summed E-state index contributed by atoms with van der Waals surface area (Å²) < 4.78 is 4.96. The molecule has 0 amide bonds. The summed E-state index contributed by atoms with van der Waals surface area (Å²) in [6.07, 6.45) is 1.30. The van der Waals surface area contributed by atoms with Crippen LogP contribution in [0, 0.1) is 6.92 Å². The fourth-order valence-electron chi connectivity index (χ4n) is 1.11. The van der Waals surface area contributed by atoms with E-state index in [1.165, 1.54) is 6.33 Å². The molecule has 0 aliphatic rings. The minimum Gasteiger partial charge on any atom is -0.383 e. The van der Waals surface area contributed by atoms with Crippen LogP contribution in [0.2, 0.25) is 0 Å². The minimum atomic E-state index is 0.232. The Morgan fingerprint density at radius 1 is 1.47 bits per heavy atom. The number of hydrogen-bond acceptors (Lipinski definition) is 7. The lowest BCUT2D eigenvalue weighted by atomic mass is 10.3. The second-order valence-electron chi connectivity index (χ2n) is 2.76. The first-order chi connectivity index (χ1) is 7.22. The van der Waals surface area contributed by atoms with Crippen molar-refractivity contribution >= 4 is 18.4 Å². The topological polar surface area (TPSA) is 103 Å². The second kappa shape index (κ2) is 3.45. The van der Waals surface area contributed by atoms with E-state index in [9.17, 15) is 0 Å². The monoisotopic (exact) mass is 204 g/mol. The van der Waals surface area contributed by atoms with Crippen molar-refractivity contribution in [1.82, 2.24) is 20.1 Å². The van der Waals surface area contributed by atoms with Gasteiger partial charge in [0.2, 0.25) is 0 Å². The van der Waals surface area contributed by atoms with Crippen LogP contribution in [0.25, 0.3) is 11.5 Å². The summed E-state index contributed by atoms with van der Waals surface area (Å²) in [5.41, 5.74) is 6.08. The number of aromatic nitrogens is 4. The predicted octanol–water partition coefficient (Wildman–Crippen LogP) is 0.749. The maximum atomic E-state index is 5.67. The number of nitrogens with zero attached hydrogens (tertiary/aromatic N) is 5. The normalized spacial score (nSPS) is 10.2. The number of rotatable bonds is 2. The van der Waals surface area contributed by atoms with Crippen LogP contribution in [0.5, 0.6) is 0 Å². The van der Waals surface area contributed by atoms with Crippen molar-refractivity contribution in [2.45, 2.75) is 6.92 Å². The highest BCUT2D eigenvalue weighted by Gasteiger charge is 2.16. The van der Waals surface area contributed by atoms with E-state index in [4.69, 9.17) is 10.3 Å². The van der Waals surface area contributed by atoms with E-state index in [1.54, 1.807) is 6.92 Å². The van der Waals surface area contributed by atoms with Gasteiger partial charge in [-0.15, -0.1) is 0 Å². The molecule has 7 heteroatoms. The molecule has 0 unspecified atom stereocenters. The zero-order chi connectivity index (χ0) is 10.8. The predicted molar refractivity (Wildman–Crippen MR) is 53.7 cm³/mol. The highest BCUT2D eigenvalue weighted by atomic mass is 16.5. The van der Waals surface area contributed by atoms with Crippen molar-refractivity contribution in [3.8, 4) is 11.5 Å². The molecule has 2 aromatic rings. The van der Waals surface area contributed by atoms with Gasteiger partial charge in [-0.05, 0) is 13.6 Å². The summed E-state index contributed by atoms with van der Waals surface area (Å²) in [5.74, 6) is 1.30. The van der Waals surface area contributed by atoms with Crippen LogP contribution in [-0.4, -0.2) is 26.8 Å². The molecule has 0 saturated heterocycles. The maximum Gasteiger partial charge on any atom is 0.265 e. The third-order valence-electron chi connectivity index (χ3n) is 1.75. The maximum absolute atomic E-state index is 5.67. The van der Waals surface area contributed by atoms with Gasteiger partial charge in [0.25, 0.3) is 5.89 Å². The third kappa shape index (κ3) is 1.54. The molecule has 0 aromatic carbocycles. The summed E-state index contributed by atoms with van der Waals surface area (Å²) in [6.45, 7) is 5.08. The largest absolute Gasteiger partial charge is 0.383 e. The number of nitrogens with two attached hydrogens (primary N) is 1. The fraction of sp³-hybridized carbons (Fsp3) is 0.125. The molecule has 76 valence electrons. The molecular formula is C8H8N6O. The highest BCUT2D eigenvalue weighted by molar-refractivity contribution is 5.77. The van der Waals surface area contributed by atoms with E-state index in [0.29, 0.717) is 17.2 Å². The van der Waals surface area contributed by atoms with Crippen molar-refractivity contribution in [3.05, 3.63) is 12.2 Å². The van der Waals surface area contributed by atoms with E-state index < -0.39 is 0 Å². The van der Waals surface area contributed by atoms with E-state index in [1.807, 2.05) is 0 Å². The summed E-state index contributed by atoms with van der Waals surface area (Å²) in [4.78, 5) is 15.5. The van der Waals surface area contributed by atoms with Crippen LogP contribution in [0.4, 0.5) is 11.6 Å². The molecule has 0 spiro atoms. The number of aryl methyl sites for hydroxylation is 1. The average Bonchev–Trinajstić information content (AvgIpc) is 2.64. The standard InChI is InChI=1S/C8H8N6O/c1-4-13-8(15-14-4)5-6(9)11-3-12-7(5)10-2/h3H,2H2,1H3,(H2,9,11,12). The van der Waals surface area contributed by atoms with Gasteiger partial charge in [-0.1, -0.05) is 5.16 Å². The van der Waals surface area contributed by atoms with Gasteiger partial charge in [0.15, 0.2) is 11.6 Å². The fourth-order valence-corrected chi connectivity index (χ4v) is 1.11. The van der Waals surface area contributed by atoms with Crippen LogP contribution in [0.3, 0.4) is 0 Å². The molecule has 2 N–H and O–H groups in total. The van der Waals surface area contributed by atoms with Gasteiger partial charge in [-0.3, -0.25) is 0 Å². The lowest BCUT2D eigenvalue weighted by Crippen LogP contribution is -1.96. The molecule has 7 nitrogen and oxygen atoms in total. The molecule has 2 aromatic heterocycles. The lowest BCUT2D eigenvalue weighted by Gasteiger charge is -2.00. The van der Waals surface area contributed by atoms with Crippen LogP contribution in [-0.2, 0) is 0 Å². The number of hydrogen-bond donors (Lipinski definition) is 1. The second-order valence-corrected chi connectivity index (χ2v) is 2.76. The summed E-state index contributed by atoms with van der Waals surface area (Å²) in [7, 11) is 0. The van der Waals surface area contributed by atoms with Gasteiger partial charge in [0, 0.05) is 0 Å². The quantitative estimate of drug-likeness (QED) is 0.724. The summed E-state index contributed by atoms with van der Waals surface area (Å²) >= 11 is 0. The molecule has 0 aliphatic heterocycles. The highest BCUT2D eigenvalue weighted by Crippen LogP contribution is 2.30. The van der Waals surface area contributed by atoms with E-state index in [-0.39, 0.29) is 11.7 Å². The summed E-state index contributed by atoms with van der Waals surface area (Å²) in [6, 6.07) is 0. The van der Waals surface area contributed by atoms with Gasteiger partial charge < -0.3 is 10.3 Å². The first kappa shape index (κ1) is 9.25. The van der Waals surface area contributed by atoms with Crippen LogP contribution >= 0.6 is 0 Å².